The van der Waals surface area contributed by atoms with E-state index < -0.39 is 0 Å². The fourth-order valence-electron chi connectivity index (χ4n) is 4.89. The van der Waals surface area contributed by atoms with Crippen molar-refractivity contribution >= 4 is 33.9 Å². The highest BCUT2D eigenvalue weighted by atomic mass is 35.5. The third-order valence-corrected chi connectivity index (χ3v) is 6.52. The summed E-state index contributed by atoms with van der Waals surface area (Å²) in [5.41, 5.74) is 4.71. The van der Waals surface area contributed by atoms with Gasteiger partial charge in [-0.1, -0.05) is 49.1 Å². The molecule has 2 aliphatic rings. The summed E-state index contributed by atoms with van der Waals surface area (Å²) in [5, 5.41) is 1.97. The molecule has 1 aliphatic heterocycles. The highest BCUT2D eigenvalue weighted by Gasteiger charge is 2.31. The Kier molecular flexibility index (Phi) is 4.96. The summed E-state index contributed by atoms with van der Waals surface area (Å²) in [6.07, 6.45) is 8.49. The van der Waals surface area contributed by atoms with E-state index in [1.54, 1.807) is 7.11 Å². The van der Waals surface area contributed by atoms with E-state index in [1.807, 2.05) is 24.4 Å². The normalized spacial score (nSPS) is 17.4. The minimum atomic E-state index is 0.557. The molecule has 0 bridgehead atoms. The van der Waals surface area contributed by atoms with Crippen LogP contribution >= 0.6 is 11.6 Å². The molecule has 4 nitrogen and oxygen atoms in total. The number of anilines is 2. The molecule has 0 amide bonds. The van der Waals surface area contributed by atoms with Crippen molar-refractivity contribution in [3.05, 3.63) is 59.2 Å². The minimum Gasteiger partial charge on any atom is -0.494 e. The Balaban J connectivity index is 1.64. The number of hydrogen-bond donors (Lipinski definition) is 0. The molecule has 0 spiro atoms. The van der Waals surface area contributed by atoms with Gasteiger partial charge in [0.2, 0.25) is 0 Å². The van der Waals surface area contributed by atoms with Gasteiger partial charge in [0.1, 0.15) is 11.3 Å². The summed E-state index contributed by atoms with van der Waals surface area (Å²) < 4.78 is 5.60. The van der Waals surface area contributed by atoms with Gasteiger partial charge < -0.3 is 14.5 Å². The molecule has 2 aromatic carbocycles. The van der Waals surface area contributed by atoms with E-state index in [0.717, 1.165) is 35.2 Å². The van der Waals surface area contributed by atoms with Gasteiger partial charge in [-0.15, -0.1) is 0 Å². The summed E-state index contributed by atoms with van der Waals surface area (Å²) in [4.78, 5) is 9.81. The Morgan fingerprint density at radius 3 is 2.69 bits per heavy atom. The second-order valence-corrected chi connectivity index (χ2v) is 8.51. The Hall–Kier alpha value is -2.46. The van der Waals surface area contributed by atoms with Crippen LogP contribution < -0.4 is 14.5 Å². The van der Waals surface area contributed by atoms with Crippen molar-refractivity contribution in [2.45, 2.75) is 44.7 Å². The zero-order valence-corrected chi connectivity index (χ0v) is 17.5. The molecule has 0 unspecified atom stereocenters. The van der Waals surface area contributed by atoms with Crippen LogP contribution in [0.25, 0.3) is 10.9 Å². The lowest BCUT2D eigenvalue weighted by molar-refractivity contribution is 0.408. The maximum absolute atomic E-state index is 6.29. The molecule has 5 rings (SSSR count). The lowest BCUT2D eigenvalue weighted by Crippen LogP contribution is -2.48. The topological polar surface area (TPSA) is 28.6 Å². The summed E-state index contributed by atoms with van der Waals surface area (Å²) in [7, 11) is 1.72. The predicted octanol–water partition coefficient (Wildman–Crippen LogP) is 6.01. The van der Waals surface area contributed by atoms with Crippen molar-refractivity contribution in [1.82, 2.24) is 4.98 Å². The highest BCUT2D eigenvalue weighted by Crippen LogP contribution is 2.41. The van der Waals surface area contributed by atoms with Gasteiger partial charge in [-0.25, -0.2) is 0 Å². The van der Waals surface area contributed by atoms with Gasteiger partial charge in [0.05, 0.1) is 19.5 Å². The van der Waals surface area contributed by atoms with Gasteiger partial charge in [-0.05, 0) is 37.1 Å². The van der Waals surface area contributed by atoms with Crippen molar-refractivity contribution in [3.8, 4) is 5.75 Å². The first kappa shape index (κ1) is 18.6. The number of fused-ring (bicyclic) bond motifs is 3. The second-order valence-electron chi connectivity index (χ2n) is 8.07. The number of methoxy groups -OCH3 is 1. The van der Waals surface area contributed by atoms with E-state index in [4.69, 9.17) is 21.3 Å². The molecule has 29 heavy (non-hydrogen) atoms. The lowest BCUT2D eigenvalue weighted by atomic mass is 9.92. The van der Waals surface area contributed by atoms with E-state index >= 15 is 0 Å². The van der Waals surface area contributed by atoms with E-state index in [2.05, 4.69) is 34.1 Å². The van der Waals surface area contributed by atoms with Crippen molar-refractivity contribution < 1.29 is 4.74 Å². The fraction of sp³-hybridized carbons (Fsp3) is 0.375. The molecule has 1 aliphatic carbocycles. The number of nitrogens with zero attached hydrogens (tertiary/aromatic N) is 3. The Bertz CT molecular complexity index is 1030. The average molecular weight is 408 g/mol. The molecule has 0 saturated heterocycles. The maximum atomic E-state index is 6.29. The van der Waals surface area contributed by atoms with Crippen molar-refractivity contribution in [1.29, 1.82) is 0 Å². The van der Waals surface area contributed by atoms with E-state index in [1.165, 1.54) is 48.7 Å². The van der Waals surface area contributed by atoms with Crippen molar-refractivity contribution in [2.75, 3.05) is 23.6 Å². The van der Waals surface area contributed by atoms with Gasteiger partial charge in [-0.3, -0.25) is 4.98 Å². The molecule has 5 heteroatoms. The van der Waals surface area contributed by atoms with Crippen LogP contribution in [-0.2, 0) is 6.54 Å². The molecular formula is C24H26ClN3O. The number of ether oxygens (including phenoxy) is 1. The number of benzene rings is 2. The molecular weight excluding hydrogens is 382 g/mol. The number of pyridine rings is 1. The van der Waals surface area contributed by atoms with Crippen LogP contribution in [-0.4, -0.2) is 24.8 Å². The first-order valence-electron chi connectivity index (χ1n) is 10.5. The Morgan fingerprint density at radius 1 is 1.07 bits per heavy atom. The van der Waals surface area contributed by atoms with Gasteiger partial charge in [0.15, 0.2) is 0 Å². The summed E-state index contributed by atoms with van der Waals surface area (Å²) in [6, 6.07) is 15.0. The molecule has 0 radical (unpaired) electrons. The third kappa shape index (κ3) is 3.40. The van der Waals surface area contributed by atoms with Crippen LogP contribution in [0.2, 0.25) is 5.02 Å². The van der Waals surface area contributed by atoms with Crippen LogP contribution in [0.1, 0.15) is 37.7 Å². The quantitative estimate of drug-likeness (QED) is 0.531. The Labute approximate surface area is 177 Å². The third-order valence-electron chi connectivity index (χ3n) is 6.29. The molecule has 0 N–H and O–H groups in total. The maximum Gasteiger partial charge on any atom is 0.145 e. The lowest BCUT2D eigenvalue weighted by Gasteiger charge is -2.45. The SMILES string of the molecule is COc1cccc2c3c(cnc12)CN(c1cccc(Cl)c1)CN3C1CCCCC1. The van der Waals surface area contributed by atoms with Crippen molar-refractivity contribution in [2.24, 2.45) is 0 Å². The molecule has 1 aromatic heterocycles. The standard InChI is InChI=1S/C24H26ClN3O/c1-29-22-12-6-11-21-23(22)26-14-17-15-27(20-10-5-7-18(25)13-20)16-28(24(17)21)19-8-3-2-4-9-19/h5-7,10-14,19H,2-4,8-9,15-16H2,1H3. The first-order valence-corrected chi connectivity index (χ1v) is 10.8. The number of aromatic nitrogens is 1. The summed E-state index contributed by atoms with van der Waals surface area (Å²) in [6.45, 7) is 1.70. The van der Waals surface area contributed by atoms with Crippen LogP contribution in [0, 0.1) is 0 Å². The van der Waals surface area contributed by atoms with Crippen LogP contribution in [0.15, 0.2) is 48.7 Å². The molecule has 0 atom stereocenters. The van der Waals surface area contributed by atoms with Gasteiger partial charge in [-0.2, -0.15) is 0 Å². The molecule has 1 saturated carbocycles. The van der Waals surface area contributed by atoms with E-state index in [9.17, 15) is 0 Å². The first-order chi connectivity index (χ1) is 14.2. The smallest absolute Gasteiger partial charge is 0.145 e. The largest absolute Gasteiger partial charge is 0.494 e. The molecule has 150 valence electrons. The Morgan fingerprint density at radius 2 is 1.90 bits per heavy atom. The van der Waals surface area contributed by atoms with Gasteiger partial charge in [0.25, 0.3) is 0 Å². The van der Waals surface area contributed by atoms with Crippen LogP contribution in [0.3, 0.4) is 0 Å². The molecule has 1 fully saturated rings. The number of hydrogen-bond acceptors (Lipinski definition) is 4. The van der Waals surface area contributed by atoms with Crippen LogP contribution in [0.5, 0.6) is 5.75 Å². The fourth-order valence-corrected chi connectivity index (χ4v) is 5.07. The highest BCUT2D eigenvalue weighted by molar-refractivity contribution is 6.30. The minimum absolute atomic E-state index is 0.557. The van der Waals surface area contributed by atoms with Crippen molar-refractivity contribution in [3.63, 3.8) is 0 Å². The summed E-state index contributed by atoms with van der Waals surface area (Å²) >= 11 is 6.29. The van der Waals surface area contributed by atoms with E-state index in [-0.39, 0.29) is 0 Å². The number of rotatable bonds is 3. The predicted molar refractivity (Wildman–Crippen MR) is 120 cm³/mol. The molecule has 3 aromatic rings. The monoisotopic (exact) mass is 407 g/mol. The van der Waals surface area contributed by atoms with E-state index in [0.29, 0.717) is 6.04 Å². The number of para-hydroxylation sites is 1. The summed E-state index contributed by atoms with van der Waals surface area (Å²) in [5.74, 6) is 0.839. The van der Waals surface area contributed by atoms with Gasteiger partial charge in [0, 0.05) is 40.4 Å². The zero-order valence-electron chi connectivity index (χ0n) is 16.8. The second kappa shape index (κ2) is 7.75. The average Bonchev–Trinajstić information content (AvgIpc) is 2.78. The van der Waals surface area contributed by atoms with Crippen LogP contribution in [0.4, 0.5) is 11.4 Å². The molecule has 2 heterocycles. The van der Waals surface area contributed by atoms with Gasteiger partial charge >= 0.3 is 0 Å². The number of halogens is 1. The zero-order chi connectivity index (χ0) is 19.8.